The molecule has 0 bridgehead atoms. The number of hydrogen-bond donors (Lipinski definition) is 1. The molecular weight excluding hydrogens is 296 g/mol. The fraction of sp³-hybridized carbons (Fsp3) is 0.333. The van der Waals surface area contributed by atoms with Gasteiger partial charge in [0.05, 0.1) is 21.3 Å². The Morgan fingerprint density at radius 1 is 0.913 bits per heavy atom. The molecule has 0 saturated heterocycles. The lowest BCUT2D eigenvalue weighted by molar-refractivity contribution is 0.173. The molecule has 1 atom stereocenters. The normalized spacial score (nSPS) is 16.2. The summed E-state index contributed by atoms with van der Waals surface area (Å²) in [5.41, 5.74) is 1.80. The van der Waals surface area contributed by atoms with Gasteiger partial charge in [-0.3, -0.25) is 0 Å². The second-order valence-electron chi connectivity index (χ2n) is 5.41. The summed E-state index contributed by atoms with van der Waals surface area (Å²) in [5, 5.41) is 10.1. The lowest BCUT2D eigenvalue weighted by Gasteiger charge is -2.27. The maximum absolute atomic E-state index is 10.1. The highest BCUT2D eigenvalue weighted by Gasteiger charge is 2.25. The molecule has 0 fully saturated rings. The van der Waals surface area contributed by atoms with E-state index in [4.69, 9.17) is 18.9 Å². The monoisotopic (exact) mass is 316 g/mol. The van der Waals surface area contributed by atoms with E-state index in [0.29, 0.717) is 11.5 Å². The molecule has 5 nitrogen and oxygen atoms in total. The summed E-state index contributed by atoms with van der Waals surface area (Å²) in [5.74, 6) is 2.88. The van der Waals surface area contributed by atoms with Crippen LogP contribution >= 0.6 is 0 Å². The minimum atomic E-state index is -0.127. The first-order valence-electron chi connectivity index (χ1n) is 7.44. The lowest BCUT2D eigenvalue weighted by atomic mass is 9.96. The second kappa shape index (κ2) is 6.28. The predicted octanol–water partition coefficient (Wildman–Crippen LogP) is 3.48. The zero-order valence-electron chi connectivity index (χ0n) is 13.5. The van der Waals surface area contributed by atoms with Crippen LogP contribution in [0.1, 0.15) is 23.7 Å². The standard InChI is InChI=1S/C18H20O5/c1-20-12-6-11(7-13(8-12)21-2)17-5-4-15-16(19)9-14(22-3)10-18(15)23-17/h6-10,17,19H,4-5H2,1-3H3. The fourth-order valence-electron chi connectivity index (χ4n) is 2.82. The molecule has 5 heteroatoms. The number of hydrogen-bond acceptors (Lipinski definition) is 5. The molecule has 0 aromatic heterocycles. The van der Waals surface area contributed by atoms with E-state index in [1.54, 1.807) is 33.5 Å². The van der Waals surface area contributed by atoms with Gasteiger partial charge in [0, 0.05) is 23.8 Å². The molecule has 0 radical (unpaired) electrons. The van der Waals surface area contributed by atoms with Gasteiger partial charge < -0.3 is 24.1 Å². The van der Waals surface area contributed by atoms with Crippen LogP contribution in [0.2, 0.25) is 0 Å². The number of benzene rings is 2. The number of rotatable bonds is 4. The van der Waals surface area contributed by atoms with Crippen LogP contribution < -0.4 is 18.9 Å². The molecule has 1 heterocycles. The molecule has 0 spiro atoms. The number of aromatic hydroxyl groups is 1. The van der Waals surface area contributed by atoms with Gasteiger partial charge in [0.25, 0.3) is 0 Å². The number of fused-ring (bicyclic) bond motifs is 1. The Kier molecular flexibility index (Phi) is 4.19. The zero-order chi connectivity index (χ0) is 16.4. The first-order valence-corrected chi connectivity index (χ1v) is 7.44. The van der Waals surface area contributed by atoms with Gasteiger partial charge >= 0.3 is 0 Å². The van der Waals surface area contributed by atoms with Crippen molar-refractivity contribution in [2.24, 2.45) is 0 Å². The Bertz CT molecular complexity index is 689. The average Bonchev–Trinajstić information content (AvgIpc) is 2.60. The van der Waals surface area contributed by atoms with Crippen molar-refractivity contribution in [3.63, 3.8) is 0 Å². The van der Waals surface area contributed by atoms with E-state index in [1.807, 2.05) is 18.2 Å². The Labute approximate surface area is 135 Å². The third-order valence-electron chi connectivity index (χ3n) is 4.07. The molecule has 1 unspecified atom stereocenters. The highest BCUT2D eigenvalue weighted by atomic mass is 16.5. The van der Waals surface area contributed by atoms with E-state index < -0.39 is 0 Å². The first-order chi connectivity index (χ1) is 11.1. The van der Waals surface area contributed by atoms with E-state index in [2.05, 4.69) is 0 Å². The van der Waals surface area contributed by atoms with Crippen LogP contribution in [0.3, 0.4) is 0 Å². The number of phenols is 1. The molecule has 0 amide bonds. The van der Waals surface area contributed by atoms with E-state index >= 15 is 0 Å². The van der Waals surface area contributed by atoms with Crippen LogP contribution in [0.5, 0.6) is 28.7 Å². The summed E-state index contributed by atoms with van der Waals surface area (Å²) in [4.78, 5) is 0. The molecule has 1 aliphatic rings. The molecule has 1 N–H and O–H groups in total. The van der Waals surface area contributed by atoms with E-state index in [0.717, 1.165) is 35.5 Å². The summed E-state index contributed by atoms with van der Waals surface area (Å²) in [6, 6.07) is 9.13. The highest BCUT2D eigenvalue weighted by Crippen LogP contribution is 2.42. The van der Waals surface area contributed by atoms with Gasteiger partial charge in [-0.1, -0.05) is 0 Å². The van der Waals surface area contributed by atoms with Crippen LogP contribution in [0.4, 0.5) is 0 Å². The van der Waals surface area contributed by atoms with Gasteiger partial charge in [-0.25, -0.2) is 0 Å². The fourth-order valence-corrected chi connectivity index (χ4v) is 2.82. The van der Waals surface area contributed by atoms with Crippen molar-refractivity contribution in [2.45, 2.75) is 18.9 Å². The number of phenolic OH excluding ortho intramolecular Hbond substituents is 1. The minimum Gasteiger partial charge on any atom is -0.507 e. The average molecular weight is 316 g/mol. The lowest BCUT2D eigenvalue weighted by Crippen LogP contribution is -2.15. The van der Waals surface area contributed by atoms with Crippen molar-refractivity contribution in [3.05, 3.63) is 41.5 Å². The first kappa shape index (κ1) is 15.3. The maximum Gasteiger partial charge on any atom is 0.130 e. The van der Waals surface area contributed by atoms with Crippen LogP contribution in [0, 0.1) is 0 Å². The zero-order valence-corrected chi connectivity index (χ0v) is 13.5. The third kappa shape index (κ3) is 2.99. The number of methoxy groups -OCH3 is 3. The molecule has 23 heavy (non-hydrogen) atoms. The SMILES string of the molecule is COc1cc(OC)cc(C2CCc3c(O)cc(OC)cc3O2)c1. The van der Waals surface area contributed by atoms with Crippen molar-refractivity contribution in [2.75, 3.05) is 21.3 Å². The molecule has 0 saturated carbocycles. The summed E-state index contributed by atoms with van der Waals surface area (Å²) < 4.78 is 21.9. The quantitative estimate of drug-likeness (QED) is 0.936. The summed E-state index contributed by atoms with van der Waals surface area (Å²) in [6.07, 6.45) is 1.37. The molecule has 122 valence electrons. The van der Waals surface area contributed by atoms with Crippen molar-refractivity contribution in [1.29, 1.82) is 0 Å². The van der Waals surface area contributed by atoms with Gasteiger partial charge in [-0.2, -0.15) is 0 Å². The van der Waals surface area contributed by atoms with E-state index in [-0.39, 0.29) is 11.9 Å². The van der Waals surface area contributed by atoms with E-state index in [1.165, 1.54) is 0 Å². The third-order valence-corrected chi connectivity index (χ3v) is 4.07. The van der Waals surface area contributed by atoms with Gasteiger partial charge in [0.1, 0.15) is 34.9 Å². The van der Waals surface area contributed by atoms with Crippen molar-refractivity contribution in [3.8, 4) is 28.7 Å². The van der Waals surface area contributed by atoms with Crippen LogP contribution in [0.15, 0.2) is 30.3 Å². The summed E-state index contributed by atoms with van der Waals surface area (Å²) in [7, 11) is 4.81. The van der Waals surface area contributed by atoms with Crippen LogP contribution in [-0.2, 0) is 6.42 Å². The number of ether oxygens (including phenoxy) is 4. The summed E-state index contributed by atoms with van der Waals surface area (Å²) >= 11 is 0. The Balaban J connectivity index is 1.94. The topological polar surface area (TPSA) is 57.2 Å². The molecular formula is C18H20O5. The van der Waals surface area contributed by atoms with Gasteiger partial charge in [0.2, 0.25) is 0 Å². The Morgan fingerprint density at radius 2 is 1.52 bits per heavy atom. The smallest absolute Gasteiger partial charge is 0.130 e. The van der Waals surface area contributed by atoms with Gasteiger partial charge in [0.15, 0.2) is 0 Å². The molecule has 3 rings (SSSR count). The van der Waals surface area contributed by atoms with Crippen LogP contribution in [-0.4, -0.2) is 26.4 Å². The second-order valence-corrected chi connectivity index (χ2v) is 5.41. The van der Waals surface area contributed by atoms with E-state index in [9.17, 15) is 5.11 Å². The largest absolute Gasteiger partial charge is 0.507 e. The predicted molar refractivity (Wildman–Crippen MR) is 85.9 cm³/mol. The van der Waals surface area contributed by atoms with Crippen molar-refractivity contribution < 1.29 is 24.1 Å². The molecule has 2 aromatic carbocycles. The minimum absolute atomic E-state index is 0.127. The molecule has 2 aromatic rings. The molecule has 0 aliphatic carbocycles. The Hall–Kier alpha value is -2.56. The van der Waals surface area contributed by atoms with Crippen molar-refractivity contribution >= 4 is 0 Å². The van der Waals surface area contributed by atoms with Crippen LogP contribution in [0.25, 0.3) is 0 Å². The van der Waals surface area contributed by atoms with Gasteiger partial charge in [-0.05, 0) is 30.5 Å². The van der Waals surface area contributed by atoms with Gasteiger partial charge in [-0.15, -0.1) is 0 Å². The van der Waals surface area contributed by atoms with Crippen molar-refractivity contribution in [1.82, 2.24) is 0 Å². The molecule has 1 aliphatic heterocycles. The Morgan fingerprint density at radius 3 is 2.13 bits per heavy atom. The highest BCUT2D eigenvalue weighted by molar-refractivity contribution is 5.51. The maximum atomic E-state index is 10.1. The summed E-state index contributed by atoms with van der Waals surface area (Å²) in [6.45, 7) is 0.